The molecule has 1 aromatic carbocycles. The van der Waals surface area contributed by atoms with E-state index in [-0.39, 0.29) is 16.5 Å². The van der Waals surface area contributed by atoms with Gasteiger partial charge in [0.15, 0.2) is 0 Å². The summed E-state index contributed by atoms with van der Waals surface area (Å²) in [5.41, 5.74) is 5.04. The molecule has 19 heavy (non-hydrogen) atoms. The maximum Gasteiger partial charge on any atom is 0.242 e. The predicted molar refractivity (Wildman–Crippen MR) is 78.7 cm³/mol. The molecular weight excluding hydrogens is 284 g/mol. The van der Waals surface area contributed by atoms with Crippen molar-refractivity contribution in [3.63, 3.8) is 0 Å². The number of rotatable bonds is 6. The average Bonchev–Trinajstić information content (AvgIpc) is 2.27. The fourth-order valence-corrected chi connectivity index (χ4v) is 4.06. The van der Waals surface area contributed by atoms with E-state index in [1.807, 2.05) is 13.8 Å². The van der Waals surface area contributed by atoms with Crippen LogP contribution in [0.5, 0.6) is 0 Å². The molecule has 4 nitrogen and oxygen atoms in total. The highest BCUT2D eigenvalue weighted by molar-refractivity contribution is 7.89. The van der Waals surface area contributed by atoms with Gasteiger partial charge in [0.1, 0.15) is 4.90 Å². The lowest BCUT2D eigenvalue weighted by Crippen LogP contribution is -2.52. The Hall–Kier alpha value is -0.620. The molecule has 0 fully saturated rings. The Labute approximate surface area is 120 Å². The van der Waals surface area contributed by atoms with Crippen molar-refractivity contribution in [1.82, 2.24) is 4.72 Å². The normalized spacial score (nSPS) is 15.5. The molecule has 0 amide bonds. The molecule has 1 atom stereocenters. The summed E-state index contributed by atoms with van der Waals surface area (Å²) < 4.78 is 27.4. The van der Waals surface area contributed by atoms with Crippen LogP contribution in [0.15, 0.2) is 29.2 Å². The van der Waals surface area contributed by atoms with E-state index in [1.165, 1.54) is 6.07 Å². The minimum atomic E-state index is -3.67. The SMILES string of the molecule is CC(C)CC(C)(CN)NS(=O)(=O)c1ccccc1Cl. The van der Waals surface area contributed by atoms with E-state index < -0.39 is 15.6 Å². The van der Waals surface area contributed by atoms with Crippen LogP contribution in [0, 0.1) is 5.92 Å². The number of sulfonamides is 1. The van der Waals surface area contributed by atoms with Crippen LogP contribution in [0.25, 0.3) is 0 Å². The molecule has 3 N–H and O–H groups in total. The number of halogens is 1. The van der Waals surface area contributed by atoms with Crippen molar-refractivity contribution in [2.75, 3.05) is 6.54 Å². The van der Waals surface area contributed by atoms with E-state index in [2.05, 4.69) is 4.72 Å². The van der Waals surface area contributed by atoms with Crippen molar-refractivity contribution in [2.45, 2.75) is 37.6 Å². The lowest BCUT2D eigenvalue weighted by Gasteiger charge is -2.30. The average molecular weight is 305 g/mol. The zero-order chi connectivity index (χ0) is 14.7. The van der Waals surface area contributed by atoms with Crippen molar-refractivity contribution in [1.29, 1.82) is 0 Å². The van der Waals surface area contributed by atoms with Crippen molar-refractivity contribution in [2.24, 2.45) is 11.7 Å². The molecular formula is C13H21ClN2O2S. The lowest BCUT2D eigenvalue weighted by atomic mass is 9.92. The van der Waals surface area contributed by atoms with Gasteiger partial charge in [-0.2, -0.15) is 0 Å². The number of hydrogen-bond acceptors (Lipinski definition) is 3. The Bertz CT molecular complexity index is 531. The third-order valence-electron chi connectivity index (χ3n) is 2.82. The Morgan fingerprint density at radius 3 is 2.42 bits per heavy atom. The van der Waals surface area contributed by atoms with Gasteiger partial charge in [-0.3, -0.25) is 0 Å². The van der Waals surface area contributed by atoms with Crippen LogP contribution in [-0.2, 0) is 10.0 Å². The third-order valence-corrected chi connectivity index (χ3v) is 4.95. The molecule has 0 aliphatic rings. The van der Waals surface area contributed by atoms with Gasteiger partial charge in [-0.05, 0) is 31.4 Å². The first kappa shape index (κ1) is 16.4. The molecule has 0 saturated heterocycles. The summed E-state index contributed by atoms with van der Waals surface area (Å²) in [6.45, 7) is 6.09. The van der Waals surface area contributed by atoms with Gasteiger partial charge in [-0.15, -0.1) is 0 Å². The maximum absolute atomic E-state index is 12.4. The minimum absolute atomic E-state index is 0.0834. The molecule has 0 spiro atoms. The summed E-state index contributed by atoms with van der Waals surface area (Å²) in [5.74, 6) is 0.336. The molecule has 0 saturated carbocycles. The van der Waals surface area contributed by atoms with Gasteiger partial charge >= 0.3 is 0 Å². The predicted octanol–water partition coefficient (Wildman–Crippen LogP) is 2.38. The number of benzene rings is 1. The van der Waals surface area contributed by atoms with Gasteiger partial charge in [0, 0.05) is 12.1 Å². The summed E-state index contributed by atoms with van der Waals surface area (Å²) in [5, 5.41) is 0.207. The quantitative estimate of drug-likeness (QED) is 0.847. The van der Waals surface area contributed by atoms with E-state index in [0.717, 1.165) is 0 Å². The standard InChI is InChI=1S/C13H21ClN2O2S/c1-10(2)8-13(3,9-15)16-19(17,18)12-7-5-4-6-11(12)14/h4-7,10,16H,8-9,15H2,1-3H3. The van der Waals surface area contributed by atoms with Gasteiger partial charge in [-0.25, -0.2) is 13.1 Å². The zero-order valence-corrected chi connectivity index (χ0v) is 13.1. The van der Waals surface area contributed by atoms with Gasteiger partial charge in [0.25, 0.3) is 0 Å². The van der Waals surface area contributed by atoms with Crippen molar-refractivity contribution < 1.29 is 8.42 Å². The van der Waals surface area contributed by atoms with Crippen LogP contribution >= 0.6 is 11.6 Å². The second-order valence-electron chi connectivity index (χ2n) is 5.40. The Kier molecular flexibility index (Phi) is 5.38. The molecule has 0 aliphatic carbocycles. The number of nitrogens with one attached hydrogen (secondary N) is 1. The smallest absolute Gasteiger partial charge is 0.242 e. The fraction of sp³-hybridized carbons (Fsp3) is 0.538. The summed E-state index contributed by atoms with van der Waals surface area (Å²) in [7, 11) is -3.67. The highest BCUT2D eigenvalue weighted by Gasteiger charge is 2.31. The van der Waals surface area contributed by atoms with E-state index in [4.69, 9.17) is 17.3 Å². The first-order valence-corrected chi connectivity index (χ1v) is 8.05. The largest absolute Gasteiger partial charge is 0.329 e. The topological polar surface area (TPSA) is 72.2 Å². The molecule has 6 heteroatoms. The second kappa shape index (κ2) is 6.22. The Balaban J connectivity index is 3.06. The van der Waals surface area contributed by atoms with Crippen LogP contribution in [-0.4, -0.2) is 20.5 Å². The Morgan fingerprint density at radius 1 is 1.37 bits per heavy atom. The van der Waals surface area contributed by atoms with Crippen molar-refractivity contribution in [3.05, 3.63) is 29.3 Å². The summed E-state index contributed by atoms with van der Waals surface area (Å²) in [6, 6.07) is 6.37. The molecule has 1 aromatic rings. The Morgan fingerprint density at radius 2 is 1.95 bits per heavy atom. The number of hydrogen-bond donors (Lipinski definition) is 2. The van der Waals surface area contributed by atoms with Crippen molar-refractivity contribution in [3.8, 4) is 0 Å². The molecule has 0 radical (unpaired) electrons. The first-order valence-electron chi connectivity index (χ1n) is 6.19. The molecule has 0 aliphatic heterocycles. The highest BCUT2D eigenvalue weighted by Crippen LogP contribution is 2.24. The first-order chi connectivity index (χ1) is 8.70. The monoisotopic (exact) mass is 304 g/mol. The second-order valence-corrected chi connectivity index (χ2v) is 7.46. The lowest BCUT2D eigenvalue weighted by molar-refractivity contribution is 0.344. The zero-order valence-electron chi connectivity index (χ0n) is 11.5. The summed E-state index contributed by atoms with van der Waals surface area (Å²) in [4.78, 5) is 0.0834. The van der Waals surface area contributed by atoms with E-state index in [9.17, 15) is 8.42 Å². The van der Waals surface area contributed by atoms with Crippen LogP contribution in [0.4, 0.5) is 0 Å². The molecule has 108 valence electrons. The van der Waals surface area contributed by atoms with E-state index >= 15 is 0 Å². The molecule has 0 aromatic heterocycles. The minimum Gasteiger partial charge on any atom is -0.329 e. The van der Waals surface area contributed by atoms with Crippen LogP contribution in [0.3, 0.4) is 0 Å². The van der Waals surface area contributed by atoms with Gasteiger partial charge in [0.2, 0.25) is 10.0 Å². The maximum atomic E-state index is 12.4. The van der Waals surface area contributed by atoms with Gasteiger partial charge in [-0.1, -0.05) is 37.6 Å². The van der Waals surface area contributed by atoms with Crippen LogP contribution in [0.1, 0.15) is 27.2 Å². The summed E-state index contributed by atoms with van der Waals surface area (Å²) >= 11 is 5.94. The number of nitrogens with two attached hydrogens (primary N) is 1. The summed E-state index contributed by atoms with van der Waals surface area (Å²) in [6.07, 6.45) is 0.660. The molecule has 1 unspecified atom stereocenters. The van der Waals surface area contributed by atoms with Crippen LogP contribution < -0.4 is 10.5 Å². The van der Waals surface area contributed by atoms with E-state index in [1.54, 1.807) is 25.1 Å². The van der Waals surface area contributed by atoms with Crippen LogP contribution in [0.2, 0.25) is 5.02 Å². The molecule has 1 rings (SSSR count). The van der Waals surface area contributed by atoms with Gasteiger partial charge in [0.05, 0.1) is 5.02 Å². The van der Waals surface area contributed by atoms with E-state index in [0.29, 0.717) is 12.3 Å². The highest BCUT2D eigenvalue weighted by atomic mass is 35.5. The third kappa shape index (κ3) is 4.45. The van der Waals surface area contributed by atoms with Crippen molar-refractivity contribution >= 4 is 21.6 Å². The molecule has 0 heterocycles. The fourth-order valence-electron chi connectivity index (χ4n) is 2.11. The molecule has 0 bridgehead atoms. The van der Waals surface area contributed by atoms with Gasteiger partial charge < -0.3 is 5.73 Å².